The van der Waals surface area contributed by atoms with E-state index in [0.717, 1.165) is 28.2 Å². The average molecular weight is 266 g/mol. The Balaban J connectivity index is 2.17. The Kier molecular flexibility index (Phi) is 2.97. The van der Waals surface area contributed by atoms with Crippen molar-refractivity contribution in [2.75, 3.05) is 7.11 Å². The van der Waals surface area contributed by atoms with Gasteiger partial charge in [-0.25, -0.2) is 4.98 Å². The number of aromatic nitrogens is 2. The number of hydrogen-bond acceptors (Lipinski definition) is 2. The molecule has 3 heteroatoms. The minimum absolute atomic E-state index is 0.922. The van der Waals surface area contributed by atoms with Crippen molar-refractivity contribution < 1.29 is 4.74 Å². The molecule has 3 nitrogen and oxygen atoms in total. The van der Waals surface area contributed by atoms with E-state index in [-0.39, 0.29) is 0 Å². The minimum Gasteiger partial charge on any atom is -0.496 e. The van der Waals surface area contributed by atoms with Crippen LogP contribution in [0.4, 0.5) is 0 Å². The van der Waals surface area contributed by atoms with E-state index in [0.29, 0.717) is 0 Å². The van der Waals surface area contributed by atoms with Crippen molar-refractivity contribution in [3.63, 3.8) is 0 Å². The summed E-state index contributed by atoms with van der Waals surface area (Å²) >= 11 is 0. The summed E-state index contributed by atoms with van der Waals surface area (Å²) < 4.78 is 7.44. The third kappa shape index (κ3) is 2.05. The molecule has 0 fully saturated rings. The molecule has 0 saturated carbocycles. The first-order chi connectivity index (χ1) is 9.58. The smallest absolute Gasteiger partial charge is 0.137 e. The lowest BCUT2D eigenvalue weighted by Crippen LogP contribution is -1.91. The van der Waals surface area contributed by atoms with Crippen molar-refractivity contribution in [3.8, 4) is 17.0 Å². The zero-order valence-electron chi connectivity index (χ0n) is 12.3. The van der Waals surface area contributed by atoms with Crippen molar-refractivity contribution in [1.29, 1.82) is 0 Å². The van der Waals surface area contributed by atoms with Crippen molar-refractivity contribution >= 4 is 5.65 Å². The lowest BCUT2D eigenvalue weighted by atomic mass is 10.0. The third-order valence-electron chi connectivity index (χ3n) is 3.62. The van der Waals surface area contributed by atoms with Gasteiger partial charge in [0.2, 0.25) is 0 Å². The largest absolute Gasteiger partial charge is 0.496 e. The molecule has 2 aromatic heterocycles. The van der Waals surface area contributed by atoms with E-state index >= 15 is 0 Å². The lowest BCUT2D eigenvalue weighted by molar-refractivity contribution is 0.411. The number of methoxy groups -OCH3 is 1. The van der Waals surface area contributed by atoms with Gasteiger partial charge in [-0.2, -0.15) is 0 Å². The molecule has 1 aromatic carbocycles. The predicted octanol–water partition coefficient (Wildman–Crippen LogP) is 3.94. The van der Waals surface area contributed by atoms with Crippen LogP contribution in [0.3, 0.4) is 0 Å². The van der Waals surface area contributed by atoms with Crippen LogP contribution in [0.25, 0.3) is 16.9 Å². The highest BCUT2D eigenvalue weighted by Crippen LogP contribution is 2.29. The Bertz CT molecular complexity index is 787. The van der Waals surface area contributed by atoms with Crippen LogP contribution in [0.2, 0.25) is 0 Å². The van der Waals surface area contributed by atoms with Gasteiger partial charge in [-0.1, -0.05) is 6.07 Å². The maximum atomic E-state index is 5.37. The number of rotatable bonds is 2. The molecular weight excluding hydrogens is 248 g/mol. The first-order valence-corrected chi connectivity index (χ1v) is 6.69. The zero-order valence-corrected chi connectivity index (χ0v) is 12.3. The van der Waals surface area contributed by atoms with Crippen LogP contribution in [0.5, 0.6) is 5.75 Å². The van der Waals surface area contributed by atoms with Crippen molar-refractivity contribution in [2.45, 2.75) is 20.8 Å². The van der Waals surface area contributed by atoms with Crippen LogP contribution in [-0.2, 0) is 0 Å². The van der Waals surface area contributed by atoms with E-state index in [1.165, 1.54) is 11.1 Å². The number of pyridine rings is 1. The van der Waals surface area contributed by atoms with Gasteiger partial charge in [0, 0.05) is 18.0 Å². The van der Waals surface area contributed by atoms with Gasteiger partial charge < -0.3 is 9.14 Å². The fraction of sp³-hybridized carbons (Fsp3) is 0.235. The predicted molar refractivity (Wildman–Crippen MR) is 81.4 cm³/mol. The van der Waals surface area contributed by atoms with Gasteiger partial charge in [-0.05, 0) is 55.7 Å². The van der Waals surface area contributed by atoms with Crippen LogP contribution in [-0.4, -0.2) is 16.5 Å². The number of ether oxygens (including phenoxy) is 1. The number of aryl methyl sites for hydroxylation is 3. The van der Waals surface area contributed by atoms with Crippen LogP contribution in [0, 0.1) is 20.8 Å². The maximum Gasteiger partial charge on any atom is 0.137 e. The summed E-state index contributed by atoms with van der Waals surface area (Å²) in [5.74, 6) is 0.922. The quantitative estimate of drug-likeness (QED) is 0.702. The van der Waals surface area contributed by atoms with E-state index in [2.05, 4.69) is 55.8 Å². The molecule has 0 spiro atoms. The van der Waals surface area contributed by atoms with Crippen molar-refractivity contribution in [2.24, 2.45) is 0 Å². The van der Waals surface area contributed by atoms with Gasteiger partial charge in [-0.3, -0.25) is 0 Å². The molecule has 3 aromatic rings. The third-order valence-corrected chi connectivity index (χ3v) is 3.62. The first-order valence-electron chi connectivity index (χ1n) is 6.69. The zero-order chi connectivity index (χ0) is 14.3. The highest BCUT2D eigenvalue weighted by Gasteiger charge is 2.10. The SMILES string of the molecule is COc1cc(C)c(-c2cn3cc(C)ccc3n2)cc1C. The molecule has 0 aliphatic carbocycles. The Morgan fingerprint density at radius 2 is 1.80 bits per heavy atom. The summed E-state index contributed by atoms with van der Waals surface area (Å²) in [4.78, 5) is 4.70. The van der Waals surface area contributed by atoms with Gasteiger partial charge in [0.25, 0.3) is 0 Å². The highest BCUT2D eigenvalue weighted by atomic mass is 16.5. The number of hydrogen-bond donors (Lipinski definition) is 0. The summed E-state index contributed by atoms with van der Waals surface area (Å²) in [5.41, 5.74) is 6.65. The van der Waals surface area contributed by atoms with Crippen molar-refractivity contribution in [1.82, 2.24) is 9.38 Å². The topological polar surface area (TPSA) is 26.5 Å². The number of fused-ring (bicyclic) bond motifs is 1. The van der Waals surface area contributed by atoms with Crippen LogP contribution in [0.1, 0.15) is 16.7 Å². The molecule has 0 aliphatic rings. The van der Waals surface area contributed by atoms with Crippen LogP contribution < -0.4 is 4.74 Å². The second kappa shape index (κ2) is 4.67. The Hall–Kier alpha value is -2.29. The van der Waals surface area contributed by atoms with E-state index in [4.69, 9.17) is 9.72 Å². The summed E-state index contributed by atoms with van der Waals surface area (Å²) in [7, 11) is 1.70. The Morgan fingerprint density at radius 3 is 2.55 bits per heavy atom. The first kappa shape index (κ1) is 12.7. The molecule has 0 N–H and O–H groups in total. The molecular formula is C17H18N2O. The Labute approximate surface area is 118 Å². The molecule has 0 bridgehead atoms. The summed E-state index contributed by atoms with van der Waals surface area (Å²) in [6.07, 6.45) is 4.17. The Morgan fingerprint density at radius 1 is 1.00 bits per heavy atom. The van der Waals surface area contributed by atoms with Crippen LogP contribution >= 0.6 is 0 Å². The van der Waals surface area contributed by atoms with Crippen LogP contribution in [0.15, 0.2) is 36.7 Å². The van der Waals surface area contributed by atoms with Gasteiger partial charge in [0.15, 0.2) is 0 Å². The number of benzene rings is 1. The highest BCUT2D eigenvalue weighted by molar-refractivity contribution is 5.68. The molecule has 2 heterocycles. The summed E-state index contributed by atoms with van der Waals surface area (Å²) in [6, 6.07) is 8.34. The molecule has 0 amide bonds. The monoisotopic (exact) mass is 266 g/mol. The fourth-order valence-corrected chi connectivity index (χ4v) is 2.52. The second-order valence-corrected chi connectivity index (χ2v) is 5.23. The molecule has 0 saturated heterocycles. The molecule has 3 rings (SSSR count). The van der Waals surface area contributed by atoms with Gasteiger partial charge in [0.05, 0.1) is 12.8 Å². The van der Waals surface area contributed by atoms with E-state index in [1.807, 2.05) is 6.07 Å². The van der Waals surface area contributed by atoms with Gasteiger partial charge in [-0.15, -0.1) is 0 Å². The maximum absolute atomic E-state index is 5.37. The molecule has 0 unspecified atom stereocenters. The minimum atomic E-state index is 0.922. The molecule has 0 atom stereocenters. The lowest BCUT2D eigenvalue weighted by Gasteiger charge is -2.09. The number of imidazole rings is 1. The van der Waals surface area contributed by atoms with Gasteiger partial charge >= 0.3 is 0 Å². The summed E-state index contributed by atoms with van der Waals surface area (Å²) in [6.45, 7) is 6.23. The van der Waals surface area contributed by atoms with E-state index < -0.39 is 0 Å². The molecule has 20 heavy (non-hydrogen) atoms. The molecule has 102 valence electrons. The van der Waals surface area contributed by atoms with Crippen molar-refractivity contribution in [3.05, 3.63) is 53.3 Å². The fourth-order valence-electron chi connectivity index (χ4n) is 2.52. The van der Waals surface area contributed by atoms with E-state index in [9.17, 15) is 0 Å². The second-order valence-electron chi connectivity index (χ2n) is 5.23. The van der Waals surface area contributed by atoms with Gasteiger partial charge in [0.1, 0.15) is 11.4 Å². The number of nitrogens with zero attached hydrogens (tertiary/aromatic N) is 2. The standard InChI is InChI=1S/C17H18N2O/c1-11-5-6-17-18-15(10-19(17)9-11)14-7-13(3)16(20-4)8-12(14)2/h5-10H,1-4H3. The summed E-state index contributed by atoms with van der Waals surface area (Å²) in [5, 5.41) is 0. The molecule has 0 radical (unpaired) electrons. The van der Waals surface area contributed by atoms with E-state index in [1.54, 1.807) is 7.11 Å². The molecule has 0 aliphatic heterocycles. The average Bonchev–Trinajstić information content (AvgIpc) is 2.83. The normalized spacial score (nSPS) is 11.0.